The van der Waals surface area contributed by atoms with Gasteiger partial charge in [-0.05, 0) is 38.5 Å². The zero-order chi connectivity index (χ0) is 17.4. The fraction of sp³-hybridized carbons (Fsp3) is 0.895. The van der Waals surface area contributed by atoms with Gasteiger partial charge < -0.3 is 16.4 Å². The van der Waals surface area contributed by atoms with Crippen LogP contribution in [0.1, 0.15) is 77.6 Å². The lowest BCUT2D eigenvalue weighted by molar-refractivity contribution is -0.127. The lowest BCUT2D eigenvalue weighted by atomic mass is 9.84. The largest absolute Gasteiger partial charge is 0.353 e. The summed E-state index contributed by atoms with van der Waals surface area (Å²) in [5.41, 5.74) is 5.88. The molecule has 0 heterocycles. The van der Waals surface area contributed by atoms with Gasteiger partial charge in [0.1, 0.15) is 0 Å². The first kappa shape index (κ1) is 22.2. The summed E-state index contributed by atoms with van der Waals surface area (Å²) in [6.07, 6.45) is 11.9. The molecule has 5 nitrogen and oxygen atoms in total. The minimum atomic E-state index is -0.121. The van der Waals surface area contributed by atoms with Crippen LogP contribution in [-0.4, -0.2) is 30.4 Å². The number of amides is 2. The molecule has 0 spiro atoms. The van der Waals surface area contributed by atoms with E-state index in [0.29, 0.717) is 18.9 Å². The third-order valence-corrected chi connectivity index (χ3v) is 5.68. The maximum absolute atomic E-state index is 12.3. The first-order valence-corrected chi connectivity index (χ1v) is 9.90. The molecule has 2 atom stereocenters. The van der Waals surface area contributed by atoms with Crippen molar-refractivity contribution in [3.05, 3.63) is 0 Å². The minimum absolute atomic E-state index is 0. The van der Waals surface area contributed by atoms with Gasteiger partial charge in [-0.2, -0.15) is 0 Å². The van der Waals surface area contributed by atoms with Crippen molar-refractivity contribution in [1.82, 2.24) is 10.6 Å². The average molecular weight is 374 g/mol. The Morgan fingerprint density at radius 3 is 2.08 bits per heavy atom. The number of hydrogen-bond donors (Lipinski definition) is 3. The molecule has 0 saturated heterocycles. The normalized spacial score (nSPS) is 21.7. The van der Waals surface area contributed by atoms with Crippen LogP contribution in [0.5, 0.6) is 0 Å². The van der Waals surface area contributed by atoms with Crippen molar-refractivity contribution in [2.45, 2.75) is 89.6 Å². The van der Waals surface area contributed by atoms with Gasteiger partial charge in [-0.3, -0.25) is 9.59 Å². The van der Waals surface area contributed by atoms with Gasteiger partial charge in [-0.1, -0.05) is 38.5 Å². The number of nitrogens with one attached hydrogen (secondary N) is 2. The van der Waals surface area contributed by atoms with E-state index in [1.165, 1.54) is 25.7 Å². The van der Waals surface area contributed by atoms with Crippen LogP contribution in [0.4, 0.5) is 0 Å². The quantitative estimate of drug-likeness (QED) is 0.641. The zero-order valence-corrected chi connectivity index (χ0v) is 16.4. The Morgan fingerprint density at radius 2 is 1.52 bits per heavy atom. The molecule has 4 N–H and O–H groups in total. The molecule has 2 fully saturated rings. The van der Waals surface area contributed by atoms with Gasteiger partial charge in [0.15, 0.2) is 0 Å². The summed E-state index contributed by atoms with van der Waals surface area (Å²) in [5.74, 6) is 0.785. The third kappa shape index (κ3) is 7.53. The number of halogens is 1. The topological polar surface area (TPSA) is 84.2 Å². The van der Waals surface area contributed by atoms with Gasteiger partial charge in [0.2, 0.25) is 11.8 Å². The molecule has 0 bridgehead atoms. The summed E-state index contributed by atoms with van der Waals surface area (Å²) in [6.45, 7) is 2.41. The summed E-state index contributed by atoms with van der Waals surface area (Å²) >= 11 is 0. The predicted octanol–water partition coefficient (Wildman–Crippen LogP) is 2.91. The Hall–Kier alpha value is -0.810. The maximum Gasteiger partial charge on any atom is 0.223 e. The Bertz CT molecular complexity index is 407. The molecule has 2 aliphatic carbocycles. The van der Waals surface area contributed by atoms with Crippen molar-refractivity contribution in [3.8, 4) is 0 Å². The van der Waals surface area contributed by atoms with Gasteiger partial charge in [0.25, 0.3) is 0 Å². The van der Waals surface area contributed by atoms with Crippen LogP contribution < -0.4 is 16.4 Å². The van der Waals surface area contributed by atoms with Crippen LogP contribution in [0.3, 0.4) is 0 Å². The Morgan fingerprint density at radius 1 is 0.960 bits per heavy atom. The van der Waals surface area contributed by atoms with E-state index in [1.807, 2.05) is 6.92 Å². The first-order chi connectivity index (χ1) is 11.6. The van der Waals surface area contributed by atoms with E-state index in [4.69, 9.17) is 5.73 Å². The van der Waals surface area contributed by atoms with E-state index in [-0.39, 0.29) is 42.2 Å². The van der Waals surface area contributed by atoms with Gasteiger partial charge in [0.05, 0.1) is 0 Å². The molecule has 2 aliphatic rings. The number of carbonyl (C=O) groups excluding carboxylic acids is 2. The maximum atomic E-state index is 12.3. The highest BCUT2D eigenvalue weighted by Gasteiger charge is 2.26. The van der Waals surface area contributed by atoms with E-state index in [9.17, 15) is 9.59 Å². The van der Waals surface area contributed by atoms with Crippen molar-refractivity contribution < 1.29 is 9.59 Å². The van der Waals surface area contributed by atoms with E-state index in [2.05, 4.69) is 10.6 Å². The summed E-state index contributed by atoms with van der Waals surface area (Å²) in [5, 5.41) is 6.13. The van der Waals surface area contributed by atoms with Crippen LogP contribution in [0.15, 0.2) is 0 Å². The van der Waals surface area contributed by atoms with Crippen molar-refractivity contribution in [2.75, 3.05) is 6.54 Å². The summed E-state index contributed by atoms with van der Waals surface area (Å²) < 4.78 is 0. The van der Waals surface area contributed by atoms with Crippen LogP contribution in [0, 0.1) is 11.8 Å². The van der Waals surface area contributed by atoms with E-state index in [1.54, 1.807) is 0 Å². The van der Waals surface area contributed by atoms with Crippen molar-refractivity contribution in [3.63, 3.8) is 0 Å². The SMILES string of the molecule is CC(CC(=O)NC(CN)C1CCCCC1)NC(=O)C1CCCCC1.Cl. The molecule has 0 aliphatic heterocycles. The van der Waals surface area contributed by atoms with Crippen LogP contribution in [-0.2, 0) is 9.59 Å². The molecule has 0 radical (unpaired) electrons. The zero-order valence-electron chi connectivity index (χ0n) is 15.6. The highest BCUT2D eigenvalue weighted by Crippen LogP contribution is 2.26. The molecule has 2 rings (SSSR count). The fourth-order valence-corrected chi connectivity index (χ4v) is 4.23. The number of rotatable bonds is 7. The molecule has 0 aromatic carbocycles. The van der Waals surface area contributed by atoms with E-state index < -0.39 is 0 Å². The summed E-state index contributed by atoms with van der Waals surface area (Å²) in [6, 6.07) is -0.0387. The number of nitrogens with two attached hydrogens (primary N) is 1. The fourth-order valence-electron chi connectivity index (χ4n) is 4.23. The average Bonchev–Trinajstić information content (AvgIpc) is 2.61. The van der Waals surface area contributed by atoms with Crippen molar-refractivity contribution in [1.29, 1.82) is 0 Å². The van der Waals surface area contributed by atoms with Gasteiger partial charge >= 0.3 is 0 Å². The van der Waals surface area contributed by atoms with Gasteiger partial charge in [-0.15, -0.1) is 12.4 Å². The van der Waals surface area contributed by atoms with Gasteiger partial charge in [0, 0.05) is 31.0 Å². The highest BCUT2D eigenvalue weighted by molar-refractivity contribution is 5.85. The molecular weight excluding hydrogens is 338 g/mol. The molecule has 2 saturated carbocycles. The first-order valence-electron chi connectivity index (χ1n) is 9.90. The molecule has 6 heteroatoms. The monoisotopic (exact) mass is 373 g/mol. The Balaban J connectivity index is 0.00000312. The van der Waals surface area contributed by atoms with Crippen LogP contribution in [0.2, 0.25) is 0 Å². The lowest BCUT2D eigenvalue weighted by Crippen LogP contribution is -2.48. The summed E-state index contributed by atoms with van der Waals surface area (Å²) in [7, 11) is 0. The Labute approximate surface area is 158 Å². The number of hydrogen-bond acceptors (Lipinski definition) is 3. The van der Waals surface area contributed by atoms with Gasteiger partial charge in [-0.25, -0.2) is 0 Å². The Kier molecular flexibility index (Phi) is 10.4. The lowest BCUT2D eigenvalue weighted by Gasteiger charge is -2.30. The van der Waals surface area contributed by atoms with E-state index >= 15 is 0 Å². The smallest absolute Gasteiger partial charge is 0.223 e. The second-order valence-corrected chi connectivity index (χ2v) is 7.76. The second-order valence-electron chi connectivity index (χ2n) is 7.76. The van der Waals surface area contributed by atoms with Crippen LogP contribution in [0.25, 0.3) is 0 Å². The molecule has 25 heavy (non-hydrogen) atoms. The highest BCUT2D eigenvalue weighted by atomic mass is 35.5. The summed E-state index contributed by atoms with van der Waals surface area (Å²) in [4.78, 5) is 24.6. The molecule has 0 aromatic heterocycles. The molecular formula is C19H36ClN3O2. The van der Waals surface area contributed by atoms with Crippen molar-refractivity contribution in [2.24, 2.45) is 17.6 Å². The second kappa shape index (κ2) is 11.7. The third-order valence-electron chi connectivity index (χ3n) is 5.68. The number of carbonyl (C=O) groups is 2. The standard InChI is InChI=1S/C19H35N3O2.ClH/c1-14(21-19(24)16-10-6-3-7-11-16)12-18(23)22-17(13-20)15-8-4-2-5-9-15;/h14-17H,2-13,20H2,1H3,(H,21,24)(H,22,23);1H. The van der Waals surface area contributed by atoms with E-state index in [0.717, 1.165) is 38.5 Å². The predicted molar refractivity (Wildman–Crippen MR) is 104 cm³/mol. The minimum Gasteiger partial charge on any atom is -0.353 e. The van der Waals surface area contributed by atoms with Crippen LogP contribution >= 0.6 is 12.4 Å². The van der Waals surface area contributed by atoms with Crippen molar-refractivity contribution >= 4 is 24.2 Å². The molecule has 2 amide bonds. The molecule has 0 aromatic rings. The molecule has 2 unspecified atom stereocenters. The molecule has 146 valence electrons.